The Labute approximate surface area is 89.3 Å². The van der Waals surface area contributed by atoms with Gasteiger partial charge in [-0.25, -0.2) is 0 Å². The molecule has 14 heavy (non-hydrogen) atoms. The highest BCUT2D eigenvalue weighted by Crippen LogP contribution is 2.05. The van der Waals surface area contributed by atoms with Gasteiger partial charge in [-0.2, -0.15) is 0 Å². The maximum atomic E-state index is 3.07. The highest BCUT2D eigenvalue weighted by atomic mass is 14.8. The van der Waals surface area contributed by atoms with Crippen LogP contribution in [-0.2, 0) is 0 Å². The first-order valence-corrected chi connectivity index (χ1v) is 5.88. The van der Waals surface area contributed by atoms with Crippen LogP contribution in [0, 0.1) is 0 Å². The number of allylic oxidation sites excluding steroid dienone is 3. The van der Waals surface area contributed by atoms with Gasteiger partial charge in [0.15, 0.2) is 0 Å². The molecule has 0 saturated heterocycles. The van der Waals surface area contributed by atoms with Gasteiger partial charge in [-0.1, -0.05) is 56.9 Å². The van der Waals surface area contributed by atoms with E-state index in [1.54, 1.807) is 0 Å². The highest BCUT2D eigenvalue weighted by molar-refractivity contribution is 5.02. The molecule has 0 unspecified atom stereocenters. The average molecular weight is 195 g/mol. The number of likely N-dealkylation sites (N-methyl/N-ethyl adjacent to an activating group) is 1. The maximum Gasteiger partial charge on any atom is 0.0134 e. The Morgan fingerprint density at radius 1 is 0.929 bits per heavy atom. The van der Waals surface area contributed by atoms with Crippen molar-refractivity contribution in [1.29, 1.82) is 0 Å². The zero-order valence-electron chi connectivity index (χ0n) is 9.76. The Hall–Kier alpha value is -0.560. The summed E-state index contributed by atoms with van der Waals surface area (Å²) in [4.78, 5) is 0. The molecule has 0 amide bonds. The van der Waals surface area contributed by atoms with Crippen LogP contribution in [0.5, 0.6) is 0 Å². The second kappa shape index (κ2) is 12.4. The van der Waals surface area contributed by atoms with Crippen molar-refractivity contribution in [3.05, 3.63) is 24.3 Å². The van der Waals surface area contributed by atoms with E-state index < -0.39 is 0 Å². The summed E-state index contributed by atoms with van der Waals surface area (Å²) >= 11 is 0. The van der Waals surface area contributed by atoms with Crippen molar-refractivity contribution >= 4 is 0 Å². The van der Waals surface area contributed by atoms with Crippen LogP contribution in [0.4, 0.5) is 0 Å². The molecule has 0 aromatic heterocycles. The summed E-state index contributed by atoms with van der Waals surface area (Å²) < 4.78 is 0. The molecule has 0 aromatic rings. The SMILES string of the molecule is CCCCCCC/C=C/C=C/CNC. The van der Waals surface area contributed by atoms with E-state index in [1.165, 1.54) is 38.5 Å². The summed E-state index contributed by atoms with van der Waals surface area (Å²) in [6.07, 6.45) is 16.8. The van der Waals surface area contributed by atoms with E-state index in [0.717, 1.165) is 6.54 Å². The van der Waals surface area contributed by atoms with E-state index in [2.05, 4.69) is 36.5 Å². The lowest BCUT2D eigenvalue weighted by atomic mass is 10.1. The van der Waals surface area contributed by atoms with E-state index in [1.807, 2.05) is 7.05 Å². The highest BCUT2D eigenvalue weighted by Gasteiger charge is 1.85. The van der Waals surface area contributed by atoms with Gasteiger partial charge in [-0.15, -0.1) is 0 Å². The number of nitrogens with one attached hydrogen (secondary N) is 1. The van der Waals surface area contributed by atoms with Crippen molar-refractivity contribution in [2.75, 3.05) is 13.6 Å². The molecule has 1 heteroatoms. The van der Waals surface area contributed by atoms with Crippen LogP contribution in [0.1, 0.15) is 45.4 Å². The Morgan fingerprint density at radius 3 is 2.36 bits per heavy atom. The smallest absolute Gasteiger partial charge is 0.0134 e. The molecule has 0 fully saturated rings. The lowest BCUT2D eigenvalue weighted by Gasteiger charge is -1.95. The second-order valence-corrected chi connectivity index (χ2v) is 3.62. The molecule has 0 atom stereocenters. The number of hydrogen-bond donors (Lipinski definition) is 1. The largest absolute Gasteiger partial charge is 0.316 e. The molecule has 1 N–H and O–H groups in total. The molecular formula is C13H25N. The van der Waals surface area contributed by atoms with Gasteiger partial charge in [-0.3, -0.25) is 0 Å². The van der Waals surface area contributed by atoms with Crippen LogP contribution in [0.15, 0.2) is 24.3 Å². The molecule has 0 radical (unpaired) electrons. The predicted molar refractivity (Wildman–Crippen MR) is 65.6 cm³/mol. The molecule has 0 rings (SSSR count). The molecule has 0 bridgehead atoms. The van der Waals surface area contributed by atoms with Gasteiger partial charge < -0.3 is 5.32 Å². The fourth-order valence-electron chi connectivity index (χ4n) is 1.30. The standard InChI is InChI=1S/C13H25N/c1-3-4-5-6-7-8-9-10-11-12-13-14-2/h9-12,14H,3-8,13H2,1-2H3/b10-9+,12-11+. The molecular weight excluding hydrogens is 170 g/mol. The van der Waals surface area contributed by atoms with Crippen molar-refractivity contribution in [3.8, 4) is 0 Å². The summed E-state index contributed by atoms with van der Waals surface area (Å²) in [5.74, 6) is 0. The van der Waals surface area contributed by atoms with Crippen molar-refractivity contribution in [2.45, 2.75) is 45.4 Å². The fourth-order valence-corrected chi connectivity index (χ4v) is 1.30. The van der Waals surface area contributed by atoms with Gasteiger partial charge >= 0.3 is 0 Å². The number of unbranched alkanes of at least 4 members (excludes halogenated alkanes) is 5. The van der Waals surface area contributed by atoms with Crippen LogP contribution < -0.4 is 5.32 Å². The van der Waals surface area contributed by atoms with Crippen molar-refractivity contribution in [2.24, 2.45) is 0 Å². The third kappa shape index (κ3) is 11.4. The minimum Gasteiger partial charge on any atom is -0.316 e. The molecule has 0 aliphatic heterocycles. The maximum absolute atomic E-state index is 3.07. The van der Waals surface area contributed by atoms with E-state index in [9.17, 15) is 0 Å². The minimum atomic E-state index is 0.959. The quantitative estimate of drug-likeness (QED) is 0.437. The van der Waals surface area contributed by atoms with Crippen LogP contribution in [-0.4, -0.2) is 13.6 Å². The number of rotatable bonds is 9. The molecule has 0 spiro atoms. The monoisotopic (exact) mass is 195 g/mol. The lowest BCUT2D eigenvalue weighted by molar-refractivity contribution is 0.637. The summed E-state index contributed by atoms with van der Waals surface area (Å²) in [7, 11) is 1.96. The second-order valence-electron chi connectivity index (χ2n) is 3.62. The predicted octanol–water partition coefficient (Wildman–Crippen LogP) is 3.68. The van der Waals surface area contributed by atoms with Gasteiger partial charge in [-0.05, 0) is 19.9 Å². The Kier molecular flexibility index (Phi) is 11.9. The van der Waals surface area contributed by atoms with Gasteiger partial charge in [0.05, 0.1) is 0 Å². The van der Waals surface area contributed by atoms with Gasteiger partial charge in [0.1, 0.15) is 0 Å². The fraction of sp³-hybridized carbons (Fsp3) is 0.692. The molecule has 0 heterocycles. The third-order valence-electron chi connectivity index (χ3n) is 2.18. The van der Waals surface area contributed by atoms with Crippen molar-refractivity contribution in [1.82, 2.24) is 5.32 Å². The first-order chi connectivity index (χ1) is 6.91. The normalized spacial score (nSPS) is 11.9. The lowest BCUT2D eigenvalue weighted by Crippen LogP contribution is -2.03. The van der Waals surface area contributed by atoms with Gasteiger partial charge in [0.25, 0.3) is 0 Å². The molecule has 0 aromatic carbocycles. The van der Waals surface area contributed by atoms with Gasteiger partial charge in [0, 0.05) is 6.54 Å². The Bertz CT molecular complexity index is 147. The third-order valence-corrected chi connectivity index (χ3v) is 2.18. The topological polar surface area (TPSA) is 12.0 Å². The Morgan fingerprint density at radius 2 is 1.64 bits per heavy atom. The van der Waals surface area contributed by atoms with Crippen LogP contribution in [0.3, 0.4) is 0 Å². The molecule has 0 saturated carbocycles. The van der Waals surface area contributed by atoms with Crippen molar-refractivity contribution < 1.29 is 0 Å². The molecule has 0 aliphatic rings. The van der Waals surface area contributed by atoms with Crippen LogP contribution in [0.2, 0.25) is 0 Å². The van der Waals surface area contributed by atoms with E-state index in [4.69, 9.17) is 0 Å². The minimum absolute atomic E-state index is 0.959. The summed E-state index contributed by atoms with van der Waals surface area (Å²) in [5, 5.41) is 3.07. The first kappa shape index (κ1) is 13.4. The zero-order valence-corrected chi connectivity index (χ0v) is 9.76. The summed E-state index contributed by atoms with van der Waals surface area (Å²) in [5.41, 5.74) is 0. The summed E-state index contributed by atoms with van der Waals surface area (Å²) in [6, 6.07) is 0. The summed E-state index contributed by atoms with van der Waals surface area (Å²) in [6.45, 7) is 3.22. The van der Waals surface area contributed by atoms with E-state index in [0.29, 0.717) is 0 Å². The first-order valence-electron chi connectivity index (χ1n) is 5.88. The molecule has 82 valence electrons. The van der Waals surface area contributed by atoms with Crippen LogP contribution in [0.25, 0.3) is 0 Å². The van der Waals surface area contributed by atoms with E-state index in [-0.39, 0.29) is 0 Å². The van der Waals surface area contributed by atoms with Crippen molar-refractivity contribution in [3.63, 3.8) is 0 Å². The molecule has 0 aliphatic carbocycles. The number of hydrogen-bond acceptors (Lipinski definition) is 1. The van der Waals surface area contributed by atoms with Crippen LogP contribution >= 0.6 is 0 Å². The Balaban J connectivity index is 3.10. The van der Waals surface area contributed by atoms with E-state index >= 15 is 0 Å². The average Bonchev–Trinajstić information content (AvgIpc) is 2.21. The zero-order chi connectivity index (χ0) is 10.5. The molecule has 1 nitrogen and oxygen atoms in total. The van der Waals surface area contributed by atoms with Gasteiger partial charge in [0.2, 0.25) is 0 Å².